The SMILES string of the molecule is CCN(CC)CCC(O)CC1OCCc2ccccc21. The molecule has 2 atom stereocenters. The van der Waals surface area contributed by atoms with Gasteiger partial charge in [-0.25, -0.2) is 0 Å². The number of benzene rings is 1. The summed E-state index contributed by atoms with van der Waals surface area (Å²) in [5, 5.41) is 10.3. The molecule has 0 saturated heterocycles. The molecular formula is C17H27NO2. The quantitative estimate of drug-likeness (QED) is 0.832. The standard InChI is InChI=1S/C17H27NO2/c1-3-18(4-2)11-9-15(19)13-17-16-8-6-5-7-14(16)10-12-20-17/h5-8,15,17,19H,3-4,9-13H2,1-2H3. The Morgan fingerprint density at radius 2 is 2.05 bits per heavy atom. The molecule has 1 aromatic carbocycles. The van der Waals surface area contributed by atoms with Crippen LogP contribution in [0.25, 0.3) is 0 Å². The maximum atomic E-state index is 10.3. The predicted octanol–water partition coefficient (Wildman–Crippen LogP) is 2.78. The van der Waals surface area contributed by atoms with E-state index in [0.717, 1.165) is 39.1 Å². The van der Waals surface area contributed by atoms with Gasteiger partial charge < -0.3 is 14.7 Å². The summed E-state index contributed by atoms with van der Waals surface area (Å²) in [6, 6.07) is 8.45. The van der Waals surface area contributed by atoms with E-state index in [1.54, 1.807) is 0 Å². The smallest absolute Gasteiger partial charge is 0.0852 e. The zero-order valence-electron chi connectivity index (χ0n) is 12.7. The second kappa shape index (κ2) is 7.77. The first kappa shape index (κ1) is 15.5. The fourth-order valence-electron chi connectivity index (χ4n) is 2.91. The van der Waals surface area contributed by atoms with Gasteiger partial charge in [0.05, 0.1) is 18.8 Å². The molecule has 0 amide bonds. The highest BCUT2D eigenvalue weighted by atomic mass is 16.5. The van der Waals surface area contributed by atoms with E-state index < -0.39 is 0 Å². The molecule has 0 bridgehead atoms. The van der Waals surface area contributed by atoms with Crippen LogP contribution in [0.3, 0.4) is 0 Å². The van der Waals surface area contributed by atoms with Crippen LogP contribution < -0.4 is 0 Å². The van der Waals surface area contributed by atoms with E-state index in [1.807, 2.05) is 0 Å². The minimum absolute atomic E-state index is 0.0617. The Morgan fingerprint density at radius 3 is 2.80 bits per heavy atom. The zero-order valence-corrected chi connectivity index (χ0v) is 12.7. The first-order valence-corrected chi connectivity index (χ1v) is 7.84. The maximum absolute atomic E-state index is 10.3. The Labute approximate surface area is 122 Å². The van der Waals surface area contributed by atoms with E-state index in [-0.39, 0.29) is 12.2 Å². The number of fused-ring (bicyclic) bond motifs is 1. The monoisotopic (exact) mass is 277 g/mol. The molecule has 3 nitrogen and oxygen atoms in total. The van der Waals surface area contributed by atoms with Gasteiger partial charge in [-0.15, -0.1) is 0 Å². The Hall–Kier alpha value is -0.900. The van der Waals surface area contributed by atoms with Gasteiger partial charge in [-0.2, -0.15) is 0 Å². The maximum Gasteiger partial charge on any atom is 0.0852 e. The molecule has 20 heavy (non-hydrogen) atoms. The van der Waals surface area contributed by atoms with E-state index >= 15 is 0 Å². The van der Waals surface area contributed by atoms with Crippen LogP contribution in [0.5, 0.6) is 0 Å². The van der Waals surface area contributed by atoms with E-state index in [2.05, 4.69) is 43.0 Å². The van der Waals surface area contributed by atoms with Crippen LogP contribution in [0, 0.1) is 0 Å². The molecule has 0 saturated carbocycles. The van der Waals surface area contributed by atoms with Crippen molar-refractivity contribution < 1.29 is 9.84 Å². The van der Waals surface area contributed by atoms with Crippen LogP contribution in [0.1, 0.15) is 43.9 Å². The fraction of sp³-hybridized carbons (Fsp3) is 0.647. The van der Waals surface area contributed by atoms with E-state index in [1.165, 1.54) is 11.1 Å². The molecule has 1 heterocycles. The van der Waals surface area contributed by atoms with Crippen LogP contribution in [0.4, 0.5) is 0 Å². The zero-order chi connectivity index (χ0) is 14.4. The van der Waals surface area contributed by atoms with Crippen LogP contribution >= 0.6 is 0 Å². The normalized spacial score (nSPS) is 19.9. The number of ether oxygens (including phenoxy) is 1. The Kier molecular flexibility index (Phi) is 6.02. The molecule has 3 heteroatoms. The summed E-state index contributed by atoms with van der Waals surface area (Å²) in [5.74, 6) is 0. The highest BCUT2D eigenvalue weighted by Crippen LogP contribution is 2.30. The molecule has 0 aromatic heterocycles. The van der Waals surface area contributed by atoms with E-state index in [0.29, 0.717) is 6.42 Å². The lowest BCUT2D eigenvalue weighted by Crippen LogP contribution is -2.28. The second-order valence-corrected chi connectivity index (χ2v) is 5.51. The largest absolute Gasteiger partial charge is 0.393 e. The molecule has 1 aromatic rings. The van der Waals surface area contributed by atoms with Crippen molar-refractivity contribution in [1.29, 1.82) is 0 Å². The summed E-state index contributed by atoms with van der Waals surface area (Å²) in [5.41, 5.74) is 2.64. The van der Waals surface area contributed by atoms with Crippen molar-refractivity contribution in [3.63, 3.8) is 0 Å². The van der Waals surface area contributed by atoms with Gasteiger partial charge in [-0.3, -0.25) is 0 Å². The number of aliphatic hydroxyl groups is 1. The van der Waals surface area contributed by atoms with Crippen LogP contribution in [0.2, 0.25) is 0 Å². The van der Waals surface area contributed by atoms with Gasteiger partial charge in [-0.1, -0.05) is 38.1 Å². The van der Waals surface area contributed by atoms with E-state index in [4.69, 9.17) is 4.74 Å². The molecule has 1 aliphatic rings. The second-order valence-electron chi connectivity index (χ2n) is 5.51. The molecular weight excluding hydrogens is 250 g/mol. The third-order valence-corrected chi connectivity index (χ3v) is 4.25. The molecule has 0 spiro atoms. The van der Waals surface area contributed by atoms with Gasteiger partial charge >= 0.3 is 0 Å². The fourth-order valence-corrected chi connectivity index (χ4v) is 2.91. The third-order valence-electron chi connectivity index (χ3n) is 4.25. The molecule has 112 valence electrons. The van der Waals surface area contributed by atoms with Crippen molar-refractivity contribution >= 4 is 0 Å². The minimum Gasteiger partial charge on any atom is -0.393 e. The van der Waals surface area contributed by atoms with Gasteiger partial charge in [0.2, 0.25) is 0 Å². The molecule has 1 aliphatic heterocycles. The molecule has 0 fully saturated rings. The number of rotatable bonds is 7. The van der Waals surface area contributed by atoms with Gasteiger partial charge in [0.15, 0.2) is 0 Å². The summed E-state index contributed by atoms with van der Waals surface area (Å²) in [7, 11) is 0. The van der Waals surface area contributed by atoms with Crippen LogP contribution in [0.15, 0.2) is 24.3 Å². The predicted molar refractivity (Wildman–Crippen MR) is 81.9 cm³/mol. The average Bonchev–Trinajstić information content (AvgIpc) is 2.49. The van der Waals surface area contributed by atoms with Crippen LogP contribution in [-0.4, -0.2) is 42.4 Å². The minimum atomic E-state index is -0.285. The van der Waals surface area contributed by atoms with Gasteiger partial charge in [0.1, 0.15) is 0 Å². The van der Waals surface area contributed by atoms with Gasteiger partial charge in [0.25, 0.3) is 0 Å². The molecule has 1 N–H and O–H groups in total. The van der Waals surface area contributed by atoms with Gasteiger partial charge in [0, 0.05) is 13.0 Å². The van der Waals surface area contributed by atoms with Crippen LogP contribution in [-0.2, 0) is 11.2 Å². The first-order chi connectivity index (χ1) is 9.74. The lowest BCUT2D eigenvalue weighted by molar-refractivity contribution is 0.000607. The number of nitrogens with zero attached hydrogens (tertiary/aromatic N) is 1. The molecule has 0 radical (unpaired) electrons. The Morgan fingerprint density at radius 1 is 1.30 bits per heavy atom. The van der Waals surface area contributed by atoms with Crippen molar-refractivity contribution in [3.05, 3.63) is 35.4 Å². The lowest BCUT2D eigenvalue weighted by Gasteiger charge is -2.28. The average molecular weight is 277 g/mol. The molecule has 0 aliphatic carbocycles. The summed E-state index contributed by atoms with van der Waals surface area (Å²) in [6.07, 6.45) is 2.29. The highest BCUT2D eigenvalue weighted by molar-refractivity contribution is 5.30. The summed E-state index contributed by atoms with van der Waals surface area (Å²) < 4.78 is 5.86. The topological polar surface area (TPSA) is 32.7 Å². The van der Waals surface area contributed by atoms with Crippen molar-refractivity contribution in [2.45, 2.75) is 45.3 Å². The van der Waals surface area contributed by atoms with E-state index in [9.17, 15) is 5.11 Å². The highest BCUT2D eigenvalue weighted by Gasteiger charge is 2.23. The van der Waals surface area contributed by atoms with Gasteiger partial charge in [-0.05, 0) is 37.1 Å². The summed E-state index contributed by atoms with van der Waals surface area (Å²) >= 11 is 0. The Balaban J connectivity index is 1.87. The molecule has 2 rings (SSSR count). The number of hydrogen-bond acceptors (Lipinski definition) is 3. The van der Waals surface area contributed by atoms with Crippen molar-refractivity contribution in [1.82, 2.24) is 4.90 Å². The first-order valence-electron chi connectivity index (χ1n) is 7.84. The van der Waals surface area contributed by atoms with Crippen molar-refractivity contribution in [3.8, 4) is 0 Å². The van der Waals surface area contributed by atoms with Crippen molar-refractivity contribution in [2.75, 3.05) is 26.2 Å². The third kappa shape index (κ3) is 4.05. The number of aliphatic hydroxyl groups excluding tert-OH is 1. The Bertz CT molecular complexity index is 404. The summed E-state index contributed by atoms with van der Waals surface area (Å²) in [6.45, 7) is 8.15. The lowest BCUT2D eigenvalue weighted by atomic mass is 9.93. The number of hydrogen-bond donors (Lipinski definition) is 1. The summed E-state index contributed by atoms with van der Waals surface area (Å²) in [4.78, 5) is 2.35. The molecule has 2 unspecified atom stereocenters. The van der Waals surface area contributed by atoms with Crippen molar-refractivity contribution in [2.24, 2.45) is 0 Å².